The molecule has 0 aliphatic heterocycles. The van der Waals surface area contributed by atoms with Gasteiger partial charge in [0.25, 0.3) is 0 Å². The highest BCUT2D eigenvalue weighted by Crippen LogP contribution is 2.50. The fourth-order valence-corrected chi connectivity index (χ4v) is 4.51. The van der Waals surface area contributed by atoms with Gasteiger partial charge in [0, 0.05) is 13.1 Å². The second-order valence-corrected chi connectivity index (χ2v) is 6.93. The molecule has 0 saturated heterocycles. The first-order valence-electron chi connectivity index (χ1n) is 7.97. The van der Waals surface area contributed by atoms with E-state index in [9.17, 15) is 4.79 Å². The van der Waals surface area contributed by atoms with Crippen molar-refractivity contribution in [2.45, 2.75) is 38.1 Å². The number of oxazole rings is 1. The zero-order valence-electron chi connectivity index (χ0n) is 12.4. The molecule has 2 saturated carbocycles. The average Bonchev–Trinajstić information content (AvgIpc) is 3.15. The lowest BCUT2D eigenvalue weighted by Gasteiger charge is -2.24. The highest BCUT2D eigenvalue weighted by Gasteiger charge is 2.39. The van der Waals surface area contributed by atoms with Gasteiger partial charge in [-0.3, -0.25) is 4.57 Å². The Kier molecular flexibility index (Phi) is 2.96. The van der Waals surface area contributed by atoms with Crippen molar-refractivity contribution in [3.05, 3.63) is 34.3 Å². The van der Waals surface area contributed by atoms with Crippen molar-refractivity contribution >= 4 is 11.1 Å². The predicted octanol–water partition coefficient (Wildman–Crippen LogP) is 2.96. The molecule has 2 aliphatic carbocycles. The SMILES string of the molecule is Cn1c(=O)oc2cc(C(N)CC3CC4CCC3C4)ccc21. The fraction of sp³-hybridized carbons (Fsp3) is 0.588. The number of nitrogens with zero attached hydrogens (tertiary/aromatic N) is 1. The van der Waals surface area contributed by atoms with E-state index in [-0.39, 0.29) is 11.8 Å². The second kappa shape index (κ2) is 4.73. The summed E-state index contributed by atoms with van der Waals surface area (Å²) in [5.41, 5.74) is 8.97. The Balaban J connectivity index is 1.56. The lowest BCUT2D eigenvalue weighted by molar-refractivity contribution is 0.296. The molecule has 21 heavy (non-hydrogen) atoms. The lowest BCUT2D eigenvalue weighted by atomic mass is 9.83. The molecule has 4 unspecified atom stereocenters. The smallest absolute Gasteiger partial charge is 0.408 e. The maximum Gasteiger partial charge on any atom is 0.419 e. The largest absolute Gasteiger partial charge is 0.419 e. The van der Waals surface area contributed by atoms with Crippen molar-refractivity contribution in [1.82, 2.24) is 4.57 Å². The second-order valence-electron chi connectivity index (χ2n) is 6.93. The highest BCUT2D eigenvalue weighted by atomic mass is 16.4. The van der Waals surface area contributed by atoms with E-state index in [0.717, 1.165) is 35.3 Å². The summed E-state index contributed by atoms with van der Waals surface area (Å²) >= 11 is 0. The van der Waals surface area contributed by atoms with Gasteiger partial charge < -0.3 is 10.2 Å². The molecular weight excluding hydrogens is 264 g/mol. The summed E-state index contributed by atoms with van der Waals surface area (Å²) in [6.07, 6.45) is 6.67. The van der Waals surface area contributed by atoms with Crippen LogP contribution in [0.1, 0.15) is 43.7 Å². The topological polar surface area (TPSA) is 61.2 Å². The van der Waals surface area contributed by atoms with Crippen LogP contribution in [0, 0.1) is 17.8 Å². The van der Waals surface area contributed by atoms with Crippen molar-refractivity contribution in [2.24, 2.45) is 30.5 Å². The van der Waals surface area contributed by atoms with Gasteiger partial charge in [-0.15, -0.1) is 0 Å². The average molecular weight is 286 g/mol. The molecular formula is C17H22N2O2. The Morgan fingerprint density at radius 2 is 2.24 bits per heavy atom. The zero-order valence-corrected chi connectivity index (χ0v) is 12.4. The standard InChI is InChI=1S/C17H22N2O2/c1-19-15-5-4-12(9-16(15)21-17(19)20)14(18)8-13-7-10-2-3-11(13)6-10/h4-5,9-11,13-14H,2-3,6-8,18H2,1H3. The quantitative estimate of drug-likeness (QED) is 0.943. The van der Waals surface area contributed by atoms with Gasteiger partial charge in [-0.1, -0.05) is 12.5 Å². The summed E-state index contributed by atoms with van der Waals surface area (Å²) in [5, 5.41) is 0. The molecule has 2 N–H and O–H groups in total. The molecule has 4 heteroatoms. The zero-order chi connectivity index (χ0) is 14.6. The van der Waals surface area contributed by atoms with Gasteiger partial charge in [0.15, 0.2) is 5.58 Å². The first-order chi connectivity index (χ1) is 10.1. The van der Waals surface area contributed by atoms with E-state index in [0.29, 0.717) is 5.58 Å². The van der Waals surface area contributed by atoms with Gasteiger partial charge >= 0.3 is 5.76 Å². The van der Waals surface area contributed by atoms with Crippen LogP contribution in [0.4, 0.5) is 0 Å². The van der Waals surface area contributed by atoms with Crippen LogP contribution in [0.25, 0.3) is 11.1 Å². The van der Waals surface area contributed by atoms with Gasteiger partial charge in [-0.2, -0.15) is 0 Å². The van der Waals surface area contributed by atoms with Crippen LogP contribution in [0.5, 0.6) is 0 Å². The maximum atomic E-state index is 11.6. The molecule has 2 bridgehead atoms. The van der Waals surface area contributed by atoms with E-state index >= 15 is 0 Å². The number of fused-ring (bicyclic) bond motifs is 3. The van der Waals surface area contributed by atoms with E-state index in [1.54, 1.807) is 7.05 Å². The minimum Gasteiger partial charge on any atom is -0.408 e. The molecule has 1 aromatic heterocycles. The third-order valence-corrected chi connectivity index (χ3v) is 5.69. The molecule has 4 atom stereocenters. The molecule has 4 nitrogen and oxygen atoms in total. The number of benzene rings is 1. The summed E-state index contributed by atoms with van der Waals surface area (Å²) in [5.74, 6) is 2.34. The molecule has 112 valence electrons. The molecule has 0 spiro atoms. The van der Waals surface area contributed by atoms with Crippen molar-refractivity contribution < 1.29 is 4.42 Å². The molecule has 0 radical (unpaired) electrons. The third-order valence-electron chi connectivity index (χ3n) is 5.69. The maximum absolute atomic E-state index is 11.6. The molecule has 0 amide bonds. The highest BCUT2D eigenvalue weighted by molar-refractivity contribution is 5.73. The van der Waals surface area contributed by atoms with E-state index in [1.807, 2.05) is 18.2 Å². The van der Waals surface area contributed by atoms with Crippen LogP contribution in [0.3, 0.4) is 0 Å². The number of hydrogen-bond acceptors (Lipinski definition) is 3. The fourth-order valence-electron chi connectivity index (χ4n) is 4.51. The van der Waals surface area contributed by atoms with E-state index < -0.39 is 0 Å². The van der Waals surface area contributed by atoms with Crippen molar-refractivity contribution in [3.63, 3.8) is 0 Å². The van der Waals surface area contributed by atoms with E-state index in [1.165, 1.54) is 30.3 Å². The molecule has 4 rings (SSSR count). The van der Waals surface area contributed by atoms with Crippen LogP contribution in [-0.4, -0.2) is 4.57 Å². The monoisotopic (exact) mass is 286 g/mol. The van der Waals surface area contributed by atoms with Gasteiger partial charge in [0.05, 0.1) is 5.52 Å². The number of aromatic nitrogens is 1. The Bertz CT molecular complexity index is 730. The minimum absolute atomic E-state index is 0.0456. The van der Waals surface area contributed by atoms with Gasteiger partial charge in [-0.25, -0.2) is 4.79 Å². The van der Waals surface area contributed by atoms with Crippen LogP contribution in [-0.2, 0) is 7.05 Å². The first kappa shape index (κ1) is 13.1. The normalized spacial score (nSPS) is 29.3. The van der Waals surface area contributed by atoms with Crippen LogP contribution in [0.15, 0.2) is 27.4 Å². The molecule has 2 aliphatic rings. The third kappa shape index (κ3) is 2.13. The summed E-state index contributed by atoms with van der Waals surface area (Å²) < 4.78 is 6.79. The van der Waals surface area contributed by atoms with Crippen molar-refractivity contribution in [2.75, 3.05) is 0 Å². The van der Waals surface area contributed by atoms with Gasteiger partial charge in [-0.05, 0) is 61.1 Å². The van der Waals surface area contributed by atoms with Crippen LogP contribution in [0.2, 0.25) is 0 Å². The summed E-state index contributed by atoms with van der Waals surface area (Å²) in [6.45, 7) is 0. The molecule has 1 aromatic carbocycles. The minimum atomic E-state index is -0.316. The number of nitrogens with two attached hydrogens (primary N) is 1. The van der Waals surface area contributed by atoms with Crippen molar-refractivity contribution in [1.29, 1.82) is 0 Å². The molecule has 2 fully saturated rings. The van der Waals surface area contributed by atoms with E-state index in [4.69, 9.17) is 10.2 Å². The Hall–Kier alpha value is -1.55. The lowest BCUT2D eigenvalue weighted by Crippen LogP contribution is -2.19. The van der Waals surface area contributed by atoms with Gasteiger partial charge in [0.1, 0.15) is 0 Å². The van der Waals surface area contributed by atoms with Crippen molar-refractivity contribution in [3.8, 4) is 0 Å². The first-order valence-corrected chi connectivity index (χ1v) is 7.97. The van der Waals surface area contributed by atoms with Crippen LogP contribution < -0.4 is 11.5 Å². The number of aryl methyl sites for hydroxylation is 1. The predicted molar refractivity (Wildman–Crippen MR) is 81.9 cm³/mol. The van der Waals surface area contributed by atoms with E-state index in [2.05, 4.69) is 0 Å². The summed E-state index contributed by atoms with van der Waals surface area (Å²) in [7, 11) is 1.73. The summed E-state index contributed by atoms with van der Waals surface area (Å²) in [4.78, 5) is 11.6. The number of hydrogen-bond donors (Lipinski definition) is 1. The molecule has 2 aromatic rings. The Morgan fingerprint density at radius 1 is 1.38 bits per heavy atom. The summed E-state index contributed by atoms with van der Waals surface area (Å²) in [6, 6.07) is 5.96. The Morgan fingerprint density at radius 3 is 2.95 bits per heavy atom. The Labute approximate surface area is 123 Å². The number of rotatable bonds is 3. The van der Waals surface area contributed by atoms with Crippen LogP contribution >= 0.6 is 0 Å². The van der Waals surface area contributed by atoms with Gasteiger partial charge in [0.2, 0.25) is 0 Å². The molecule has 1 heterocycles.